The first-order chi connectivity index (χ1) is 19.8. The summed E-state index contributed by atoms with van der Waals surface area (Å²) in [6, 6.07) is 10.2. The third kappa shape index (κ3) is 8.68. The van der Waals surface area contributed by atoms with Gasteiger partial charge in [-0.25, -0.2) is 0 Å². The zero-order chi connectivity index (χ0) is 29.8. The van der Waals surface area contributed by atoms with Crippen molar-refractivity contribution in [2.45, 2.75) is 64.2 Å². The molecule has 2 atom stereocenters. The van der Waals surface area contributed by atoms with Crippen LogP contribution in [-0.2, 0) is 27.8 Å². The Labute approximate surface area is 257 Å². The number of carboxylic acid groups (broad SMARTS) is 1. The number of methoxy groups -OCH3 is 4. The van der Waals surface area contributed by atoms with E-state index in [1.165, 1.54) is 11.1 Å². The Hall–Kier alpha value is -2.68. The molecule has 2 unspecified atom stereocenters. The van der Waals surface area contributed by atoms with Gasteiger partial charge in [0.15, 0.2) is 23.0 Å². The Balaban J connectivity index is 0.00000616. The molecule has 1 aliphatic carbocycles. The van der Waals surface area contributed by atoms with Crippen molar-refractivity contribution in [3.05, 3.63) is 47.0 Å². The Kier molecular flexibility index (Phi) is 14.7. The van der Waals surface area contributed by atoms with E-state index in [4.69, 9.17) is 23.7 Å². The Morgan fingerprint density at radius 3 is 2.31 bits per heavy atom. The Morgan fingerprint density at radius 2 is 1.67 bits per heavy atom. The van der Waals surface area contributed by atoms with Gasteiger partial charge in [-0.3, -0.25) is 4.79 Å². The lowest BCUT2D eigenvalue weighted by Crippen LogP contribution is -2.46. The molecule has 0 spiro atoms. The Morgan fingerprint density at radius 1 is 0.952 bits per heavy atom. The van der Waals surface area contributed by atoms with E-state index in [9.17, 15) is 9.90 Å². The van der Waals surface area contributed by atoms with Crippen molar-refractivity contribution in [1.82, 2.24) is 5.32 Å². The first kappa shape index (κ1) is 35.5. The molecule has 236 valence electrons. The van der Waals surface area contributed by atoms with E-state index in [2.05, 4.69) is 31.3 Å². The third-order valence-corrected chi connectivity index (χ3v) is 8.54. The van der Waals surface area contributed by atoms with Crippen LogP contribution in [0.1, 0.15) is 62.6 Å². The number of halogens is 1. The molecule has 9 heteroatoms. The van der Waals surface area contributed by atoms with Crippen LogP contribution in [0.25, 0.3) is 0 Å². The second kappa shape index (κ2) is 17.4. The number of aliphatic carboxylic acids is 1. The molecular formula is C33H50ClNO7. The van der Waals surface area contributed by atoms with Crippen LogP contribution in [0.4, 0.5) is 0 Å². The summed E-state index contributed by atoms with van der Waals surface area (Å²) in [5.41, 5.74) is 3.01. The zero-order valence-corrected chi connectivity index (χ0v) is 26.9. The van der Waals surface area contributed by atoms with Gasteiger partial charge in [0.1, 0.15) is 0 Å². The first-order valence-electron chi connectivity index (χ1n) is 14.8. The van der Waals surface area contributed by atoms with E-state index < -0.39 is 11.4 Å². The molecule has 0 radical (unpaired) electrons. The highest BCUT2D eigenvalue weighted by molar-refractivity contribution is 5.85. The van der Waals surface area contributed by atoms with Crippen molar-refractivity contribution in [2.75, 3.05) is 54.7 Å². The van der Waals surface area contributed by atoms with Crippen LogP contribution in [0.15, 0.2) is 30.3 Å². The van der Waals surface area contributed by atoms with Crippen LogP contribution in [-0.4, -0.2) is 65.8 Å². The lowest BCUT2D eigenvalue weighted by atomic mass is 9.55. The predicted octanol–water partition coefficient (Wildman–Crippen LogP) is 6.09. The summed E-state index contributed by atoms with van der Waals surface area (Å²) in [4.78, 5) is 12.2. The Bertz CT molecular complexity index is 1130. The van der Waals surface area contributed by atoms with Gasteiger partial charge in [0.25, 0.3) is 0 Å². The number of fused-ring (bicyclic) bond motifs is 1. The van der Waals surface area contributed by atoms with Crippen LogP contribution in [0.5, 0.6) is 23.0 Å². The van der Waals surface area contributed by atoms with Crippen LogP contribution in [0.3, 0.4) is 0 Å². The summed E-state index contributed by atoms with van der Waals surface area (Å²) >= 11 is 0. The normalized spacial score (nSPS) is 17.7. The number of carboxylic acids is 1. The summed E-state index contributed by atoms with van der Waals surface area (Å²) in [5, 5.41) is 13.7. The van der Waals surface area contributed by atoms with Gasteiger partial charge < -0.3 is 34.1 Å². The van der Waals surface area contributed by atoms with Gasteiger partial charge in [0.2, 0.25) is 0 Å². The summed E-state index contributed by atoms with van der Waals surface area (Å²) < 4.78 is 27.7. The molecule has 0 heterocycles. The van der Waals surface area contributed by atoms with Crippen molar-refractivity contribution < 1.29 is 33.6 Å². The molecule has 1 aliphatic rings. The van der Waals surface area contributed by atoms with Crippen molar-refractivity contribution in [2.24, 2.45) is 11.8 Å². The molecule has 2 N–H and O–H groups in total. The van der Waals surface area contributed by atoms with E-state index >= 15 is 0 Å². The minimum Gasteiger partial charge on any atom is -0.493 e. The van der Waals surface area contributed by atoms with Gasteiger partial charge >= 0.3 is 5.97 Å². The smallest absolute Gasteiger partial charge is 0.304 e. The largest absolute Gasteiger partial charge is 0.493 e. The SMILES string of the molecule is COCCCOc1cc(CCCNCCC2CCc3cc(OC)c(OC)cc3C2(CC(=O)O)C(C)C)ccc1OC.Cl. The second-order valence-corrected chi connectivity index (χ2v) is 11.2. The molecule has 42 heavy (non-hydrogen) atoms. The first-order valence-corrected chi connectivity index (χ1v) is 14.8. The average Bonchev–Trinajstić information content (AvgIpc) is 2.96. The fourth-order valence-corrected chi connectivity index (χ4v) is 6.44. The minimum atomic E-state index is -0.763. The molecule has 0 aromatic heterocycles. The fourth-order valence-electron chi connectivity index (χ4n) is 6.44. The topological polar surface area (TPSA) is 95.5 Å². The summed E-state index contributed by atoms with van der Waals surface area (Å²) in [6.45, 7) is 7.29. The molecule has 0 bridgehead atoms. The summed E-state index contributed by atoms with van der Waals surface area (Å²) in [5.74, 6) is 2.50. The molecule has 0 saturated heterocycles. The van der Waals surface area contributed by atoms with Gasteiger partial charge in [-0.1, -0.05) is 19.9 Å². The maximum atomic E-state index is 12.2. The highest BCUT2D eigenvalue weighted by atomic mass is 35.5. The molecule has 0 amide bonds. The van der Waals surface area contributed by atoms with Crippen molar-refractivity contribution >= 4 is 18.4 Å². The second-order valence-electron chi connectivity index (χ2n) is 11.2. The molecule has 2 aromatic carbocycles. The maximum absolute atomic E-state index is 12.2. The molecule has 0 fully saturated rings. The van der Waals surface area contributed by atoms with Crippen LogP contribution in [0, 0.1) is 11.8 Å². The number of hydrogen-bond acceptors (Lipinski definition) is 7. The summed E-state index contributed by atoms with van der Waals surface area (Å²) in [6.07, 6.45) is 5.62. The van der Waals surface area contributed by atoms with Gasteiger partial charge in [0.05, 0.1) is 34.4 Å². The van der Waals surface area contributed by atoms with E-state index in [1.807, 2.05) is 18.2 Å². The van der Waals surface area contributed by atoms with E-state index in [1.54, 1.807) is 28.4 Å². The van der Waals surface area contributed by atoms with Gasteiger partial charge in [-0.15, -0.1) is 12.4 Å². The van der Waals surface area contributed by atoms with Gasteiger partial charge in [0, 0.05) is 25.6 Å². The number of hydrogen-bond donors (Lipinski definition) is 2. The highest BCUT2D eigenvalue weighted by Gasteiger charge is 2.48. The third-order valence-electron chi connectivity index (χ3n) is 8.54. The number of ether oxygens (including phenoxy) is 5. The standard InChI is InChI=1S/C33H49NO7.ClH/c1-23(2)33(22-32(35)36)26(12-11-25-20-29(39-5)30(40-6)21-27(25)33)14-16-34-15-7-9-24-10-13-28(38-4)31(19-24)41-18-8-17-37-3;/h10,13,19-21,23,26,34H,7-9,11-12,14-18,22H2,1-6H3,(H,35,36);1H. The van der Waals surface area contributed by atoms with Crippen molar-refractivity contribution in [1.29, 1.82) is 0 Å². The van der Waals surface area contributed by atoms with E-state index in [0.29, 0.717) is 24.7 Å². The average molecular weight is 608 g/mol. The van der Waals surface area contributed by atoms with Gasteiger partial charge in [-0.05, 0) is 98.0 Å². The van der Waals surface area contributed by atoms with E-state index in [-0.39, 0.29) is 30.7 Å². The maximum Gasteiger partial charge on any atom is 0.304 e. The fraction of sp³-hybridized carbons (Fsp3) is 0.606. The van der Waals surface area contributed by atoms with Crippen molar-refractivity contribution in [3.8, 4) is 23.0 Å². The lowest BCUT2D eigenvalue weighted by Gasteiger charge is -2.48. The monoisotopic (exact) mass is 607 g/mol. The number of benzene rings is 2. The van der Waals surface area contributed by atoms with Crippen LogP contribution >= 0.6 is 12.4 Å². The predicted molar refractivity (Wildman–Crippen MR) is 168 cm³/mol. The van der Waals surface area contributed by atoms with Crippen LogP contribution < -0.4 is 24.3 Å². The molecule has 2 aromatic rings. The number of nitrogens with one attached hydrogen (secondary N) is 1. The lowest BCUT2D eigenvalue weighted by molar-refractivity contribution is -0.140. The molecule has 0 saturated carbocycles. The summed E-state index contributed by atoms with van der Waals surface area (Å²) in [7, 11) is 6.62. The number of aryl methyl sites for hydroxylation is 2. The molecule has 3 rings (SSSR count). The van der Waals surface area contributed by atoms with Crippen LogP contribution in [0.2, 0.25) is 0 Å². The minimum absolute atomic E-state index is 0. The number of rotatable bonds is 18. The zero-order valence-electron chi connectivity index (χ0n) is 26.1. The number of carbonyl (C=O) groups is 1. The highest BCUT2D eigenvalue weighted by Crippen LogP contribution is 2.52. The van der Waals surface area contributed by atoms with E-state index in [0.717, 1.165) is 68.7 Å². The molecule has 0 aliphatic heterocycles. The molecule has 8 nitrogen and oxygen atoms in total. The quantitative estimate of drug-likeness (QED) is 0.197. The van der Waals surface area contributed by atoms with Gasteiger partial charge in [-0.2, -0.15) is 0 Å². The molecular weight excluding hydrogens is 558 g/mol. The van der Waals surface area contributed by atoms with Crippen molar-refractivity contribution in [3.63, 3.8) is 0 Å².